The number of ether oxygens (including phenoxy) is 1. The van der Waals surface area contributed by atoms with Crippen molar-refractivity contribution in [3.8, 4) is 0 Å². The van der Waals surface area contributed by atoms with Crippen molar-refractivity contribution < 1.29 is 9.53 Å². The molecule has 0 aliphatic carbocycles. The Balaban J connectivity index is 2.53. The van der Waals surface area contributed by atoms with E-state index in [1.54, 1.807) is 11.8 Å². The van der Waals surface area contributed by atoms with Gasteiger partial charge in [-0.05, 0) is 16.3 Å². The number of carbonyl (C=O) groups excluding carboxylic acids is 1. The van der Waals surface area contributed by atoms with Crippen molar-refractivity contribution in [3.63, 3.8) is 0 Å². The molecule has 0 saturated carbocycles. The van der Waals surface area contributed by atoms with Crippen LogP contribution >= 0.6 is 11.8 Å². The first-order valence-corrected chi connectivity index (χ1v) is 6.11. The third kappa shape index (κ3) is 3.80. The van der Waals surface area contributed by atoms with Crippen LogP contribution in [0.1, 0.15) is 20.3 Å². The van der Waals surface area contributed by atoms with E-state index in [0.29, 0.717) is 11.1 Å². The number of tetrazole rings is 1. The molecule has 6 nitrogen and oxygen atoms in total. The zero-order valence-electron chi connectivity index (χ0n) is 9.71. The Morgan fingerprint density at radius 3 is 3.00 bits per heavy atom. The fraction of sp³-hybridized carbons (Fsp3) is 0.778. The van der Waals surface area contributed by atoms with Crippen LogP contribution in [0, 0.1) is 5.92 Å². The third-order valence-electron chi connectivity index (χ3n) is 2.20. The topological polar surface area (TPSA) is 69.9 Å². The van der Waals surface area contributed by atoms with E-state index in [1.165, 1.54) is 11.8 Å². The quantitative estimate of drug-likeness (QED) is 0.549. The van der Waals surface area contributed by atoms with Gasteiger partial charge in [-0.1, -0.05) is 32.0 Å². The minimum absolute atomic E-state index is 0.0618. The number of thioether (sulfide) groups is 1. The second-order valence-corrected chi connectivity index (χ2v) is 4.51. The fourth-order valence-corrected chi connectivity index (χ4v) is 1.93. The largest absolute Gasteiger partial charge is 0.468 e. The lowest BCUT2D eigenvalue weighted by atomic mass is 10.2. The van der Waals surface area contributed by atoms with Gasteiger partial charge in [0.2, 0.25) is 5.16 Å². The van der Waals surface area contributed by atoms with Gasteiger partial charge >= 0.3 is 5.97 Å². The summed E-state index contributed by atoms with van der Waals surface area (Å²) in [5.41, 5.74) is 0. The Morgan fingerprint density at radius 2 is 2.38 bits per heavy atom. The molecule has 0 aromatic carbocycles. The average molecular weight is 244 g/mol. The molecule has 0 spiro atoms. The summed E-state index contributed by atoms with van der Waals surface area (Å²) in [6, 6.07) is 0. The number of methoxy groups -OCH3 is 1. The Hall–Kier alpha value is -1.11. The molecular formula is C9H16N4O2S. The van der Waals surface area contributed by atoms with Gasteiger partial charge in [0.05, 0.1) is 7.11 Å². The smallest absolute Gasteiger partial charge is 0.327 e. The van der Waals surface area contributed by atoms with Crippen LogP contribution in [0.25, 0.3) is 0 Å². The predicted octanol–water partition coefficient (Wildman–Crippen LogP) is 0.984. The number of hydrogen-bond acceptors (Lipinski definition) is 6. The molecule has 0 fully saturated rings. The molecule has 16 heavy (non-hydrogen) atoms. The predicted molar refractivity (Wildman–Crippen MR) is 60.0 cm³/mol. The molecular weight excluding hydrogens is 228 g/mol. The lowest BCUT2D eigenvalue weighted by molar-refractivity contribution is -0.141. The first kappa shape index (κ1) is 13.0. The summed E-state index contributed by atoms with van der Waals surface area (Å²) in [4.78, 5) is 11.1. The molecule has 1 rings (SSSR count). The van der Waals surface area contributed by atoms with E-state index in [1.807, 2.05) is 0 Å². The normalized spacial score (nSPS) is 12.4. The molecule has 1 atom stereocenters. The summed E-state index contributed by atoms with van der Waals surface area (Å²) in [6.45, 7) is 4.37. The molecule has 0 saturated heterocycles. The Kier molecular flexibility index (Phi) is 5.24. The molecule has 0 aliphatic heterocycles. The zero-order chi connectivity index (χ0) is 12.0. The van der Waals surface area contributed by atoms with Gasteiger partial charge in [0.15, 0.2) is 0 Å². The van der Waals surface area contributed by atoms with Crippen LogP contribution in [-0.4, -0.2) is 39.0 Å². The molecule has 90 valence electrons. The summed E-state index contributed by atoms with van der Waals surface area (Å²) in [5.74, 6) is 1.20. The van der Waals surface area contributed by atoms with Gasteiger partial charge in [-0.25, -0.2) is 4.68 Å². The number of aromatic nitrogens is 4. The van der Waals surface area contributed by atoms with E-state index in [0.717, 1.165) is 12.2 Å². The van der Waals surface area contributed by atoms with Crippen molar-refractivity contribution in [2.24, 2.45) is 5.92 Å². The standard InChI is InChI=1S/C9H16N4O2S/c1-4-7(2)6-16-9-10-11-12-13(9)5-8(14)15-3/h7H,4-6H2,1-3H3. The van der Waals surface area contributed by atoms with Gasteiger partial charge in [-0.3, -0.25) is 4.79 Å². The Bertz CT molecular complexity index is 342. The molecule has 0 radical (unpaired) electrons. The Morgan fingerprint density at radius 1 is 1.62 bits per heavy atom. The molecule has 0 amide bonds. The van der Waals surface area contributed by atoms with Crippen LogP contribution in [0.15, 0.2) is 5.16 Å². The maximum Gasteiger partial charge on any atom is 0.327 e. The zero-order valence-corrected chi connectivity index (χ0v) is 10.5. The maximum absolute atomic E-state index is 11.1. The number of esters is 1. The van der Waals surface area contributed by atoms with Crippen LogP contribution in [0.2, 0.25) is 0 Å². The molecule has 1 aromatic rings. The lowest BCUT2D eigenvalue weighted by Crippen LogP contribution is -2.14. The van der Waals surface area contributed by atoms with Crippen molar-refractivity contribution in [1.29, 1.82) is 0 Å². The monoisotopic (exact) mass is 244 g/mol. The first-order valence-electron chi connectivity index (χ1n) is 5.13. The summed E-state index contributed by atoms with van der Waals surface area (Å²) >= 11 is 1.56. The minimum Gasteiger partial charge on any atom is -0.468 e. The van der Waals surface area contributed by atoms with Crippen molar-refractivity contribution in [3.05, 3.63) is 0 Å². The summed E-state index contributed by atoms with van der Waals surface area (Å²) in [6.07, 6.45) is 1.12. The van der Waals surface area contributed by atoms with Crippen LogP contribution in [0.5, 0.6) is 0 Å². The third-order valence-corrected chi connectivity index (χ3v) is 3.49. The second kappa shape index (κ2) is 6.47. The van der Waals surface area contributed by atoms with E-state index in [-0.39, 0.29) is 12.5 Å². The highest BCUT2D eigenvalue weighted by atomic mass is 32.2. The summed E-state index contributed by atoms with van der Waals surface area (Å²) < 4.78 is 6.02. The van der Waals surface area contributed by atoms with Crippen LogP contribution in [0.3, 0.4) is 0 Å². The molecule has 0 aliphatic rings. The van der Waals surface area contributed by atoms with Crippen LogP contribution in [0.4, 0.5) is 0 Å². The van der Waals surface area contributed by atoms with Gasteiger partial charge < -0.3 is 4.74 Å². The van der Waals surface area contributed by atoms with E-state index in [4.69, 9.17) is 0 Å². The van der Waals surface area contributed by atoms with Crippen molar-refractivity contribution in [2.75, 3.05) is 12.9 Å². The van der Waals surface area contributed by atoms with Gasteiger partial charge in [0.25, 0.3) is 0 Å². The molecule has 1 aromatic heterocycles. The number of nitrogens with zero attached hydrogens (tertiary/aromatic N) is 4. The number of rotatable bonds is 6. The Labute approximate surface area is 98.7 Å². The van der Waals surface area contributed by atoms with Crippen molar-refractivity contribution >= 4 is 17.7 Å². The maximum atomic E-state index is 11.1. The molecule has 7 heteroatoms. The lowest BCUT2D eigenvalue weighted by Gasteiger charge is -2.06. The average Bonchev–Trinajstić information content (AvgIpc) is 2.73. The van der Waals surface area contributed by atoms with Crippen molar-refractivity contribution in [1.82, 2.24) is 20.2 Å². The van der Waals surface area contributed by atoms with Gasteiger partial charge in [0.1, 0.15) is 6.54 Å². The van der Waals surface area contributed by atoms with Crippen LogP contribution < -0.4 is 0 Å². The van der Waals surface area contributed by atoms with Gasteiger partial charge in [0, 0.05) is 5.75 Å². The number of hydrogen-bond donors (Lipinski definition) is 0. The van der Waals surface area contributed by atoms with E-state index >= 15 is 0 Å². The fourth-order valence-electron chi connectivity index (χ4n) is 0.921. The molecule has 0 bridgehead atoms. The number of carbonyl (C=O) groups is 1. The minimum atomic E-state index is -0.349. The second-order valence-electron chi connectivity index (χ2n) is 3.52. The molecule has 0 N–H and O–H groups in total. The van der Waals surface area contributed by atoms with Gasteiger partial charge in [-0.15, -0.1) is 5.10 Å². The van der Waals surface area contributed by atoms with Crippen LogP contribution in [-0.2, 0) is 16.1 Å². The highest BCUT2D eigenvalue weighted by molar-refractivity contribution is 7.99. The van der Waals surface area contributed by atoms with Gasteiger partial charge in [-0.2, -0.15) is 0 Å². The van der Waals surface area contributed by atoms with E-state index < -0.39 is 0 Å². The highest BCUT2D eigenvalue weighted by Gasteiger charge is 2.11. The molecule has 1 heterocycles. The molecule has 1 unspecified atom stereocenters. The van der Waals surface area contributed by atoms with E-state index in [2.05, 4.69) is 34.1 Å². The summed E-state index contributed by atoms with van der Waals surface area (Å²) in [7, 11) is 1.35. The summed E-state index contributed by atoms with van der Waals surface area (Å²) in [5, 5.41) is 11.8. The first-order chi connectivity index (χ1) is 7.67. The highest BCUT2D eigenvalue weighted by Crippen LogP contribution is 2.18. The SMILES string of the molecule is CCC(C)CSc1nnnn1CC(=O)OC. The van der Waals surface area contributed by atoms with E-state index in [9.17, 15) is 4.79 Å². The van der Waals surface area contributed by atoms with Crippen molar-refractivity contribution in [2.45, 2.75) is 32.0 Å².